The Morgan fingerprint density at radius 2 is 1.93 bits per heavy atom. The van der Waals surface area contributed by atoms with Crippen molar-refractivity contribution in [2.24, 2.45) is 0 Å². The Balaban J connectivity index is 2.81. The normalized spacial score (nSPS) is 10.9. The SMILES string of the molecule is CC(C)[n+]1cccc2cccc(OI)c21. The number of aromatic nitrogens is 1. The molecule has 0 unspecified atom stereocenters. The number of fused-ring (bicyclic) bond motifs is 1. The van der Waals surface area contributed by atoms with Gasteiger partial charge >= 0.3 is 0 Å². The fourth-order valence-electron chi connectivity index (χ4n) is 1.76. The third-order valence-corrected chi connectivity index (χ3v) is 2.92. The minimum absolute atomic E-state index is 0.432. The molecule has 1 aromatic heterocycles. The lowest BCUT2D eigenvalue weighted by Gasteiger charge is -2.06. The summed E-state index contributed by atoms with van der Waals surface area (Å²) in [6.45, 7) is 4.34. The van der Waals surface area contributed by atoms with Crippen LogP contribution in [0.25, 0.3) is 10.9 Å². The van der Waals surface area contributed by atoms with Gasteiger partial charge in [-0.25, -0.2) is 0 Å². The molecule has 0 aliphatic heterocycles. The summed E-state index contributed by atoms with van der Waals surface area (Å²) in [5, 5.41) is 1.21. The molecule has 0 saturated heterocycles. The summed E-state index contributed by atoms with van der Waals surface area (Å²) in [5.41, 5.74) is 1.16. The van der Waals surface area contributed by atoms with Gasteiger partial charge in [-0.15, -0.1) is 0 Å². The molecule has 0 fully saturated rings. The maximum Gasteiger partial charge on any atom is 0.256 e. The molecule has 0 amide bonds. The predicted molar refractivity (Wildman–Crippen MR) is 69.2 cm³/mol. The van der Waals surface area contributed by atoms with Crippen LogP contribution in [0.4, 0.5) is 0 Å². The third-order valence-electron chi connectivity index (χ3n) is 2.45. The van der Waals surface area contributed by atoms with Crippen LogP contribution < -0.4 is 7.63 Å². The highest BCUT2D eigenvalue weighted by atomic mass is 127. The zero-order chi connectivity index (χ0) is 10.8. The van der Waals surface area contributed by atoms with Crippen LogP contribution in [0.3, 0.4) is 0 Å². The van der Waals surface area contributed by atoms with Gasteiger partial charge in [0, 0.05) is 6.07 Å². The minimum Gasteiger partial charge on any atom is -0.421 e. The molecular formula is C12H13INO+. The number of rotatable bonds is 2. The maximum atomic E-state index is 5.37. The zero-order valence-corrected chi connectivity index (χ0v) is 10.9. The number of hydrogen-bond donors (Lipinski definition) is 0. The first-order valence-corrected chi connectivity index (χ1v) is 5.83. The molecule has 2 aromatic rings. The Morgan fingerprint density at radius 3 is 2.60 bits per heavy atom. The minimum atomic E-state index is 0.432. The lowest BCUT2D eigenvalue weighted by Crippen LogP contribution is -2.36. The van der Waals surface area contributed by atoms with Crippen molar-refractivity contribution in [3.05, 3.63) is 36.5 Å². The summed E-state index contributed by atoms with van der Waals surface area (Å²) in [5.74, 6) is 0.919. The number of para-hydroxylation sites is 1. The van der Waals surface area contributed by atoms with E-state index >= 15 is 0 Å². The van der Waals surface area contributed by atoms with Crippen molar-refractivity contribution in [1.29, 1.82) is 0 Å². The summed E-state index contributed by atoms with van der Waals surface area (Å²) in [7, 11) is 0. The van der Waals surface area contributed by atoms with Crippen LogP contribution in [-0.2, 0) is 0 Å². The highest BCUT2D eigenvalue weighted by Crippen LogP contribution is 2.24. The Labute approximate surface area is 104 Å². The largest absolute Gasteiger partial charge is 0.421 e. The molecule has 1 heterocycles. The quantitative estimate of drug-likeness (QED) is 0.611. The summed E-state index contributed by atoms with van der Waals surface area (Å²) < 4.78 is 7.59. The maximum absolute atomic E-state index is 5.37. The zero-order valence-electron chi connectivity index (χ0n) is 8.77. The van der Waals surface area contributed by atoms with Gasteiger partial charge in [-0.3, -0.25) is 0 Å². The van der Waals surface area contributed by atoms with E-state index in [1.165, 1.54) is 5.39 Å². The van der Waals surface area contributed by atoms with E-state index in [-0.39, 0.29) is 0 Å². The van der Waals surface area contributed by atoms with Crippen molar-refractivity contribution < 1.29 is 7.63 Å². The molecule has 2 nitrogen and oxygen atoms in total. The number of nitrogens with zero attached hydrogens (tertiary/aromatic N) is 1. The van der Waals surface area contributed by atoms with E-state index in [0.717, 1.165) is 11.3 Å². The smallest absolute Gasteiger partial charge is 0.256 e. The summed E-state index contributed by atoms with van der Waals surface area (Å²) in [4.78, 5) is 0. The number of halogens is 1. The van der Waals surface area contributed by atoms with Crippen LogP contribution in [0.5, 0.6) is 5.75 Å². The van der Waals surface area contributed by atoms with E-state index in [1.807, 2.05) is 35.1 Å². The molecule has 0 atom stereocenters. The second-order valence-corrected chi connectivity index (χ2v) is 4.22. The Bertz CT molecular complexity index is 477. The second-order valence-electron chi connectivity index (χ2n) is 3.78. The van der Waals surface area contributed by atoms with Crippen LogP contribution in [0, 0.1) is 0 Å². The van der Waals surface area contributed by atoms with Gasteiger partial charge in [-0.2, -0.15) is 4.57 Å². The van der Waals surface area contributed by atoms with E-state index in [0.29, 0.717) is 6.04 Å². The summed E-state index contributed by atoms with van der Waals surface area (Å²) in [6.07, 6.45) is 2.09. The first kappa shape index (κ1) is 10.7. The van der Waals surface area contributed by atoms with Gasteiger partial charge in [0.2, 0.25) is 5.75 Å². The third kappa shape index (κ3) is 1.93. The van der Waals surface area contributed by atoms with Crippen LogP contribution in [0.15, 0.2) is 36.5 Å². The van der Waals surface area contributed by atoms with Crippen molar-refractivity contribution in [2.75, 3.05) is 0 Å². The molecule has 3 heteroatoms. The van der Waals surface area contributed by atoms with Gasteiger partial charge < -0.3 is 3.07 Å². The van der Waals surface area contributed by atoms with Crippen LogP contribution in [0.1, 0.15) is 19.9 Å². The van der Waals surface area contributed by atoms with Gasteiger partial charge in [0.1, 0.15) is 0 Å². The first-order valence-electron chi connectivity index (χ1n) is 4.95. The summed E-state index contributed by atoms with van der Waals surface area (Å²) in [6, 6.07) is 10.7. The van der Waals surface area contributed by atoms with E-state index in [2.05, 4.69) is 42.8 Å². The Morgan fingerprint density at radius 1 is 1.20 bits per heavy atom. The molecule has 0 aliphatic rings. The number of hydrogen-bond acceptors (Lipinski definition) is 1. The van der Waals surface area contributed by atoms with Crippen LogP contribution in [-0.4, -0.2) is 0 Å². The topological polar surface area (TPSA) is 13.1 Å². The predicted octanol–water partition coefficient (Wildman–Crippen LogP) is 3.44. The van der Waals surface area contributed by atoms with E-state index in [9.17, 15) is 0 Å². The van der Waals surface area contributed by atoms with Gasteiger partial charge in [-0.1, -0.05) is 6.07 Å². The highest BCUT2D eigenvalue weighted by molar-refractivity contribution is 14.1. The molecule has 2 rings (SSSR count). The molecular weight excluding hydrogens is 301 g/mol. The number of pyridine rings is 1. The highest BCUT2D eigenvalue weighted by Gasteiger charge is 2.16. The fourth-order valence-corrected chi connectivity index (χ4v) is 2.11. The first-order chi connectivity index (χ1) is 7.24. The van der Waals surface area contributed by atoms with Crippen molar-refractivity contribution in [2.45, 2.75) is 19.9 Å². The lowest BCUT2D eigenvalue weighted by atomic mass is 10.2. The van der Waals surface area contributed by atoms with E-state index in [4.69, 9.17) is 3.07 Å². The molecule has 0 saturated carbocycles. The average Bonchev–Trinajstić information content (AvgIpc) is 2.27. The van der Waals surface area contributed by atoms with Crippen molar-refractivity contribution >= 4 is 33.9 Å². The van der Waals surface area contributed by atoms with Crippen molar-refractivity contribution in [3.63, 3.8) is 0 Å². The standard InChI is InChI=1S/C12H13INO/c1-9(2)14-8-4-6-10-5-3-7-11(15-13)12(10)14/h3-9H,1-2H3/q+1. The van der Waals surface area contributed by atoms with Crippen LogP contribution >= 0.6 is 23.0 Å². The lowest BCUT2D eigenvalue weighted by molar-refractivity contribution is -0.691. The van der Waals surface area contributed by atoms with Gasteiger partial charge in [0.25, 0.3) is 5.52 Å². The van der Waals surface area contributed by atoms with Gasteiger partial charge in [0.15, 0.2) is 35.2 Å². The molecule has 0 radical (unpaired) electrons. The van der Waals surface area contributed by atoms with Gasteiger partial charge in [-0.05, 0) is 32.0 Å². The van der Waals surface area contributed by atoms with Crippen LogP contribution in [0.2, 0.25) is 0 Å². The molecule has 78 valence electrons. The Kier molecular flexibility index (Phi) is 3.09. The monoisotopic (exact) mass is 314 g/mol. The van der Waals surface area contributed by atoms with Crippen molar-refractivity contribution in [1.82, 2.24) is 0 Å². The molecule has 0 aliphatic carbocycles. The molecule has 15 heavy (non-hydrogen) atoms. The summed E-state index contributed by atoms with van der Waals surface area (Å²) >= 11 is 1.93. The average molecular weight is 314 g/mol. The van der Waals surface area contributed by atoms with E-state index < -0.39 is 0 Å². The second kappa shape index (κ2) is 4.35. The van der Waals surface area contributed by atoms with Crippen molar-refractivity contribution in [3.8, 4) is 5.75 Å². The molecule has 0 spiro atoms. The molecule has 1 aromatic carbocycles. The van der Waals surface area contributed by atoms with Gasteiger partial charge in [0.05, 0.1) is 5.39 Å². The molecule has 0 N–H and O–H groups in total. The number of benzene rings is 1. The Hall–Kier alpha value is -0.840. The fraction of sp³-hybridized carbons (Fsp3) is 0.250. The molecule has 0 bridgehead atoms. The van der Waals surface area contributed by atoms with E-state index in [1.54, 1.807) is 0 Å².